The highest BCUT2D eigenvalue weighted by Gasteiger charge is 2.40. The molecule has 3 N–H and O–H groups in total. The van der Waals surface area contributed by atoms with Crippen molar-refractivity contribution < 1.29 is 5.11 Å². The zero-order chi connectivity index (χ0) is 18.0. The van der Waals surface area contributed by atoms with Crippen molar-refractivity contribution in [3.8, 4) is 0 Å². The highest BCUT2D eigenvalue weighted by atomic mass is 16.3. The molecule has 2 unspecified atom stereocenters. The molecule has 25 heavy (non-hydrogen) atoms. The van der Waals surface area contributed by atoms with Gasteiger partial charge in [0.25, 0.3) is 0 Å². The molecule has 7 nitrogen and oxygen atoms in total. The Morgan fingerprint density at radius 3 is 2.76 bits per heavy atom. The van der Waals surface area contributed by atoms with Crippen LogP contribution in [-0.2, 0) is 0 Å². The summed E-state index contributed by atoms with van der Waals surface area (Å²) in [5.74, 6) is 0.943. The number of amidine groups is 1. The lowest BCUT2D eigenvalue weighted by Gasteiger charge is -2.24. The zero-order valence-electron chi connectivity index (χ0n) is 15.0. The van der Waals surface area contributed by atoms with Crippen molar-refractivity contribution in [2.24, 2.45) is 32.8 Å². The topological polar surface area (TPSA) is 104 Å². The molecule has 0 bridgehead atoms. The van der Waals surface area contributed by atoms with E-state index in [1.807, 2.05) is 19.9 Å². The number of rotatable bonds is 5. The van der Waals surface area contributed by atoms with Gasteiger partial charge in [-0.3, -0.25) is 4.99 Å². The predicted molar refractivity (Wildman–Crippen MR) is 98.7 cm³/mol. The molecule has 3 rings (SSSR count). The molecule has 7 heteroatoms. The van der Waals surface area contributed by atoms with Gasteiger partial charge in [0.1, 0.15) is 12.5 Å². The Labute approximate surface area is 148 Å². The van der Waals surface area contributed by atoms with Crippen molar-refractivity contribution in [2.75, 3.05) is 6.67 Å². The van der Waals surface area contributed by atoms with E-state index >= 15 is 0 Å². The first kappa shape index (κ1) is 17.8. The highest BCUT2D eigenvalue weighted by molar-refractivity contribution is 5.93. The van der Waals surface area contributed by atoms with Crippen LogP contribution in [0.1, 0.15) is 52.4 Å². The van der Waals surface area contributed by atoms with Crippen molar-refractivity contribution in [2.45, 2.75) is 58.5 Å². The van der Waals surface area contributed by atoms with Gasteiger partial charge in [0.05, 0.1) is 11.8 Å². The molecule has 0 aromatic rings. The summed E-state index contributed by atoms with van der Waals surface area (Å²) in [5.41, 5.74) is 9.14. The zero-order valence-corrected chi connectivity index (χ0v) is 15.0. The predicted octanol–water partition coefficient (Wildman–Crippen LogP) is 2.88. The number of nitrogens with zero attached hydrogens (tertiary/aromatic N) is 4. The van der Waals surface area contributed by atoms with Crippen LogP contribution in [0, 0.1) is 16.7 Å². The van der Waals surface area contributed by atoms with Crippen molar-refractivity contribution in [1.82, 2.24) is 5.01 Å². The van der Waals surface area contributed by atoms with E-state index in [9.17, 15) is 10.0 Å². The third-order valence-corrected chi connectivity index (χ3v) is 5.58. The number of allylic oxidation sites excluding steroid dienone is 3. The van der Waals surface area contributed by atoms with Crippen LogP contribution in [0.4, 0.5) is 0 Å². The minimum Gasteiger partial charge on any atom is -0.388 e. The molecule has 1 aliphatic heterocycles. The number of aliphatic hydroxyl groups excluding tert-OH is 1. The Kier molecular flexibility index (Phi) is 5.32. The average molecular weight is 345 g/mol. The van der Waals surface area contributed by atoms with Gasteiger partial charge in [-0.05, 0) is 48.9 Å². The SMILES string of the molecule is CC1=CC(C)=NCN1/N=C(\N)CC1=C(N=O)CC(C2CCCC2)C1O. The van der Waals surface area contributed by atoms with Gasteiger partial charge in [-0.15, -0.1) is 4.91 Å². The van der Waals surface area contributed by atoms with E-state index in [2.05, 4.69) is 15.3 Å². The number of hydrogen-bond donors (Lipinski definition) is 2. The number of nitroso groups, excluding NO2 is 1. The largest absolute Gasteiger partial charge is 0.388 e. The van der Waals surface area contributed by atoms with Gasteiger partial charge < -0.3 is 10.8 Å². The molecule has 0 saturated heterocycles. The summed E-state index contributed by atoms with van der Waals surface area (Å²) in [4.78, 5) is 15.6. The van der Waals surface area contributed by atoms with E-state index in [0.29, 0.717) is 36.1 Å². The van der Waals surface area contributed by atoms with Crippen molar-refractivity contribution in [3.05, 3.63) is 28.0 Å². The van der Waals surface area contributed by atoms with Crippen LogP contribution in [0.15, 0.2) is 38.3 Å². The molecule has 2 aliphatic carbocycles. The van der Waals surface area contributed by atoms with Crippen LogP contribution in [0.2, 0.25) is 0 Å². The lowest BCUT2D eigenvalue weighted by Crippen LogP contribution is -2.28. The molecule has 0 aromatic heterocycles. The number of aliphatic hydroxyl groups is 1. The van der Waals surface area contributed by atoms with Crippen molar-refractivity contribution in [3.63, 3.8) is 0 Å². The molecule has 0 amide bonds. The average Bonchev–Trinajstić information content (AvgIpc) is 3.19. The molecular formula is C18H27N5O2. The molecule has 136 valence electrons. The van der Waals surface area contributed by atoms with Gasteiger partial charge in [0, 0.05) is 17.8 Å². The molecule has 2 atom stereocenters. The molecule has 0 aromatic carbocycles. The molecule has 1 fully saturated rings. The number of aliphatic imine (C=N–C) groups is 1. The van der Waals surface area contributed by atoms with Crippen LogP contribution in [-0.4, -0.2) is 34.4 Å². The maximum atomic E-state index is 11.2. The Bertz CT molecular complexity index is 658. The van der Waals surface area contributed by atoms with E-state index in [1.54, 1.807) is 5.01 Å². The Morgan fingerprint density at radius 1 is 1.40 bits per heavy atom. The van der Waals surface area contributed by atoms with Crippen LogP contribution in [0.3, 0.4) is 0 Å². The first-order valence-corrected chi connectivity index (χ1v) is 9.02. The van der Waals surface area contributed by atoms with Crippen molar-refractivity contribution >= 4 is 11.5 Å². The second-order valence-electron chi connectivity index (χ2n) is 7.31. The lowest BCUT2D eigenvalue weighted by molar-refractivity contribution is 0.116. The highest BCUT2D eigenvalue weighted by Crippen LogP contribution is 2.44. The summed E-state index contributed by atoms with van der Waals surface area (Å²) in [7, 11) is 0. The maximum Gasteiger partial charge on any atom is 0.131 e. The van der Waals surface area contributed by atoms with Crippen LogP contribution < -0.4 is 5.73 Å². The van der Waals surface area contributed by atoms with Gasteiger partial charge in [-0.25, -0.2) is 5.01 Å². The third-order valence-electron chi connectivity index (χ3n) is 5.58. The van der Waals surface area contributed by atoms with E-state index in [1.165, 1.54) is 12.8 Å². The quantitative estimate of drug-likeness (QED) is 0.454. The first-order valence-electron chi connectivity index (χ1n) is 9.02. The second-order valence-corrected chi connectivity index (χ2v) is 7.31. The fraction of sp³-hybridized carbons (Fsp3) is 0.667. The van der Waals surface area contributed by atoms with E-state index in [-0.39, 0.29) is 12.3 Å². The molecule has 0 spiro atoms. The fourth-order valence-corrected chi connectivity index (χ4v) is 4.22. The normalized spacial score (nSPS) is 28.4. The second kappa shape index (κ2) is 7.47. The van der Waals surface area contributed by atoms with Gasteiger partial charge in [0.15, 0.2) is 0 Å². The van der Waals surface area contributed by atoms with Gasteiger partial charge in [0.2, 0.25) is 0 Å². The molecule has 1 heterocycles. The summed E-state index contributed by atoms with van der Waals surface area (Å²) in [6.45, 7) is 4.33. The van der Waals surface area contributed by atoms with Crippen LogP contribution in [0.5, 0.6) is 0 Å². The standard InChI is InChI=1S/C18H27N5O2/c1-11-7-12(2)23(10-20-11)21-17(19)9-15-16(22-25)8-14(18(15)24)13-5-3-4-6-13/h7,13-14,18,24H,3-6,8-10H2,1-2H3,(H2,19,21). The molecule has 1 saturated carbocycles. The van der Waals surface area contributed by atoms with Crippen LogP contribution >= 0.6 is 0 Å². The summed E-state index contributed by atoms with van der Waals surface area (Å²) in [6.07, 6.45) is 6.80. The molecule has 0 radical (unpaired) electrons. The summed E-state index contributed by atoms with van der Waals surface area (Å²) >= 11 is 0. The van der Waals surface area contributed by atoms with E-state index in [4.69, 9.17) is 5.73 Å². The fourth-order valence-electron chi connectivity index (χ4n) is 4.22. The summed E-state index contributed by atoms with van der Waals surface area (Å²) in [6, 6.07) is 0. The summed E-state index contributed by atoms with van der Waals surface area (Å²) < 4.78 is 0. The first-order chi connectivity index (χ1) is 12.0. The number of hydrazone groups is 1. The Morgan fingerprint density at radius 2 is 2.12 bits per heavy atom. The Balaban J connectivity index is 1.70. The van der Waals surface area contributed by atoms with Crippen LogP contribution in [0.25, 0.3) is 0 Å². The number of nitrogens with two attached hydrogens (primary N) is 1. The van der Waals surface area contributed by atoms with Gasteiger partial charge in [-0.1, -0.05) is 25.7 Å². The third kappa shape index (κ3) is 3.81. The van der Waals surface area contributed by atoms with Crippen molar-refractivity contribution in [1.29, 1.82) is 0 Å². The molecule has 3 aliphatic rings. The van der Waals surface area contributed by atoms with Gasteiger partial charge >= 0.3 is 0 Å². The minimum atomic E-state index is -0.636. The maximum absolute atomic E-state index is 11.2. The summed E-state index contributed by atoms with van der Waals surface area (Å²) in [5, 5.41) is 20.0. The minimum absolute atomic E-state index is 0.0990. The van der Waals surface area contributed by atoms with Gasteiger partial charge in [-0.2, -0.15) is 5.10 Å². The van der Waals surface area contributed by atoms with E-state index in [0.717, 1.165) is 24.3 Å². The Hall–Kier alpha value is -2.02. The van der Waals surface area contributed by atoms with E-state index < -0.39 is 6.10 Å². The molecular weight excluding hydrogens is 318 g/mol. The lowest BCUT2D eigenvalue weighted by atomic mass is 9.85. The smallest absolute Gasteiger partial charge is 0.131 e. The number of hydrogen-bond acceptors (Lipinski definition) is 6. The monoisotopic (exact) mass is 345 g/mol.